The average Bonchev–Trinajstić information content (AvgIpc) is 3.29. The molecule has 0 aromatic heterocycles. The number of hydrogen-bond acceptors (Lipinski definition) is 6. The maximum absolute atomic E-state index is 11.9. The molecule has 7 heteroatoms. The van der Waals surface area contributed by atoms with Crippen molar-refractivity contribution < 1.29 is 19.1 Å². The minimum absolute atomic E-state index is 0.363. The van der Waals surface area contributed by atoms with Gasteiger partial charge in [0, 0.05) is 17.7 Å². The topological polar surface area (TPSA) is 80.6 Å². The van der Waals surface area contributed by atoms with Crippen LogP contribution in [0.25, 0.3) is 0 Å². The summed E-state index contributed by atoms with van der Waals surface area (Å²) in [5.41, 5.74) is 1.90. The van der Waals surface area contributed by atoms with Crippen LogP contribution in [0.5, 0.6) is 0 Å². The van der Waals surface area contributed by atoms with Crippen LogP contribution in [-0.2, 0) is 19.1 Å². The van der Waals surface area contributed by atoms with Gasteiger partial charge in [0.1, 0.15) is 13.2 Å². The van der Waals surface area contributed by atoms with Crippen molar-refractivity contribution in [1.29, 1.82) is 0 Å². The van der Waals surface area contributed by atoms with E-state index in [1.54, 1.807) is 18.2 Å². The molecule has 3 aliphatic heterocycles. The van der Waals surface area contributed by atoms with Gasteiger partial charge in [0.15, 0.2) is 0 Å². The van der Waals surface area contributed by atoms with Gasteiger partial charge in [0.05, 0.1) is 24.3 Å². The molecule has 0 saturated heterocycles. The highest BCUT2D eigenvalue weighted by Gasteiger charge is 2.28. The van der Waals surface area contributed by atoms with Crippen LogP contribution < -0.4 is 4.90 Å². The number of carbonyl (C=O) groups is 2. The molecule has 116 valence electrons. The summed E-state index contributed by atoms with van der Waals surface area (Å²) in [5.74, 6) is 0.281. The number of carbonyl (C=O) groups excluding carboxylic acids is 2. The van der Waals surface area contributed by atoms with Crippen LogP contribution in [0.3, 0.4) is 0 Å². The van der Waals surface area contributed by atoms with Crippen molar-refractivity contribution in [2.24, 2.45) is 9.98 Å². The molecule has 0 N–H and O–H groups in total. The third-order valence-electron chi connectivity index (χ3n) is 3.70. The molecule has 4 rings (SSSR count). The molecule has 1 aromatic carbocycles. The Hall–Kier alpha value is -2.96. The van der Waals surface area contributed by atoms with Crippen molar-refractivity contribution >= 4 is 29.3 Å². The predicted molar refractivity (Wildman–Crippen MR) is 82.8 cm³/mol. The molecule has 0 fully saturated rings. The van der Waals surface area contributed by atoms with Gasteiger partial charge in [-0.15, -0.1) is 0 Å². The van der Waals surface area contributed by atoms with Crippen molar-refractivity contribution in [3.05, 3.63) is 41.5 Å². The van der Waals surface area contributed by atoms with Gasteiger partial charge in [0.2, 0.25) is 11.8 Å². The first-order chi connectivity index (χ1) is 11.2. The standard InChI is InChI=1S/C16H13N3O4/c20-13-3-4-14(21)19(13)10-1-2-11(15-17-5-7-22-15)12(9-10)16-18-6-8-23-16/h1-4,9H,5-8H2. The van der Waals surface area contributed by atoms with Gasteiger partial charge in [0.25, 0.3) is 11.8 Å². The highest BCUT2D eigenvalue weighted by atomic mass is 16.5. The Morgan fingerprint density at radius 1 is 0.870 bits per heavy atom. The fourth-order valence-electron chi connectivity index (χ4n) is 2.69. The van der Waals surface area contributed by atoms with E-state index in [0.717, 1.165) is 10.5 Å². The van der Waals surface area contributed by atoms with Gasteiger partial charge in [-0.3, -0.25) is 9.59 Å². The maximum atomic E-state index is 11.9. The number of rotatable bonds is 3. The van der Waals surface area contributed by atoms with Crippen LogP contribution in [0.15, 0.2) is 40.3 Å². The lowest BCUT2D eigenvalue weighted by molar-refractivity contribution is -0.119. The second-order valence-electron chi connectivity index (χ2n) is 5.15. The Kier molecular flexibility index (Phi) is 3.18. The Morgan fingerprint density at radius 3 is 2.04 bits per heavy atom. The van der Waals surface area contributed by atoms with Gasteiger partial charge in [-0.05, 0) is 18.2 Å². The number of nitrogens with zero attached hydrogens (tertiary/aromatic N) is 3. The van der Waals surface area contributed by atoms with Gasteiger partial charge in [-0.2, -0.15) is 0 Å². The summed E-state index contributed by atoms with van der Waals surface area (Å²) in [5, 5.41) is 0. The number of hydrogen-bond donors (Lipinski definition) is 0. The monoisotopic (exact) mass is 311 g/mol. The summed E-state index contributed by atoms with van der Waals surface area (Å²) in [6.07, 6.45) is 2.51. The molecule has 0 saturated carbocycles. The highest BCUT2D eigenvalue weighted by Crippen LogP contribution is 2.26. The third kappa shape index (κ3) is 2.30. The van der Waals surface area contributed by atoms with Gasteiger partial charge >= 0.3 is 0 Å². The van der Waals surface area contributed by atoms with Crippen molar-refractivity contribution in [1.82, 2.24) is 0 Å². The Balaban J connectivity index is 1.80. The average molecular weight is 311 g/mol. The Morgan fingerprint density at radius 2 is 1.48 bits per heavy atom. The van der Waals surface area contributed by atoms with Crippen LogP contribution in [0.4, 0.5) is 5.69 Å². The third-order valence-corrected chi connectivity index (χ3v) is 3.70. The van der Waals surface area contributed by atoms with Crippen molar-refractivity contribution in [2.75, 3.05) is 31.2 Å². The van der Waals surface area contributed by atoms with Gasteiger partial charge < -0.3 is 9.47 Å². The second kappa shape index (κ2) is 5.35. The summed E-state index contributed by atoms with van der Waals surface area (Å²) in [6.45, 7) is 2.23. The van der Waals surface area contributed by atoms with E-state index < -0.39 is 0 Å². The van der Waals surface area contributed by atoms with Crippen LogP contribution in [0.2, 0.25) is 0 Å². The zero-order valence-electron chi connectivity index (χ0n) is 12.2. The van der Waals surface area contributed by atoms with E-state index in [0.29, 0.717) is 49.3 Å². The summed E-state index contributed by atoms with van der Waals surface area (Å²) < 4.78 is 11.1. The molecule has 3 heterocycles. The van der Waals surface area contributed by atoms with Crippen LogP contribution in [0, 0.1) is 0 Å². The molecule has 0 atom stereocenters. The smallest absolute Gasteiger partial charge is 0.258 e. The minimum atomic E-state index is -0.363. The van der Waals surface area contributed by atoms with Gasteiger partial charge in [-0.1, -0.05) is 0 Å². The maximum Gasteiger partial charge on any atom is 0.258 e. The summed E-state index contributed by atoms with van der Waals surface area (Å²) >= 11 is 0. The summed E-state index contributed by atoms with van der Waals surface area (Å²) in [4.78, 5) is 33.5. The SMILES string of the molecule is O=C1C=CC(=O)N1c1ccc(C2=NCCO2)c(C2=NCCO2)c1. The summed E-state index contributed by atoms with van der Waals surface area (Å²) in [6, 6.07) is 5.19. The molecule has 2 amide bonds. The summed E-state index contributed by atoms with van der Waals surface area (Å²) in [7, 11) is 0. The largest absolute Gasteiger partial charge is 0.475 e. The molecular weight excluding hydrogens is 298 g/mol. The first-order valence-corrected chi connectivity index (χ1v) is 7.29. The van der Waals surface area contributed by atoms with E-state index in [2.05, 4.69) is 9.98 Å². The zero-order valence-corrected chi connectivity index (χ0v) is 12.2. The Bertz CT molecular complexity index is 777. The second-order valence-corrected chi connectivity index (χ2v) is 5.15. The number of amides is 2. The van der Waals surface area contributed by atoms with Crippen LogP contribution >= 0.6 is 0 Å². The normalized spacial score (nSPS) is 19.7. The van der Waals surface area contributed by atoms with Crippen LogP contribution in [0.1, 0.15) is 11.1 Å². The fourth-order valence-corrected chi connectivity index (χ4v) is 2.69. The molecule has 0 bridgehead atoms. The molecule has 0 spiro atoms. The number of benzene rings is 1. The molecule has 0 unspecified atom stereocenters. The van der Waals surface area contributed by atoms with E-state index in [4.69, 9.17) is 9.47 Å². The molecule has 3 aliphatic rings. The first kappa shape index (κ1) is 13.7. The molecule has 1 aromatic rings. The molecule has 7 nitrogen and oxygen atoms in total. The lowest BCUT2D eigenvalue weighted by Crippen LogP contribution is -2.30. The quantitative estimate of drug-likeness (QED) is 0.768. The number of ether oxygens (including phenoxy) is 2. The minimum Gasteiger partial charge on any atom is -0.475 e. The lowest BCUT2D eigenvalue weighted by atomic mass is 10.1. The predicted octanol–water partition coefficient (Wildman–Crippen LogP) is 0.670. The number of imide groups is 1. The molecular formula is C16H13N3O4. The number of aliphatic imine (C=N–C) groups is 2. The van der Waals surface area contributed by atoms with E-state index in [-0.39, 0.29) is 11.8 Å². The zero-order chi connectivity index (χ0) is 15.8. The van der Waals surface area contributed by atoms with Crippen LogP contribution in [-0.4, -0.2) is 49.9 Å². The highest BCUT2D eigenvalue weighted by molar-refractivity contribution is 6.28. The van der Waals surface area contributed by atoms with Crippen molar-refractivity contribution in [3.8, 4) is 0 Å². The van der Waals surface area contributed by atoms with Crippen molar-refractivity contribution in [3.63, 3.8) is 0 Å². The van der Waals surface area contributed by atoms with Gasteiger partial charge in [-0.25, -0.2) is 14.9 Å². The van der Waals surface area contributed by atoms with E-state index in [9.17, 15) is 9.59 Å². The van der Waals surface area contributed by atoms with Crippen molar-refractivity contribution in [2.45, 2.75) is 0 Å². The van der Waals surface area contributed by atoms with E-state index >= 15 is 0 Å². The molecule has 23 heavy (non-hydrogen) atoms. The first-order valence-electron chi connectivity index (χ1n) is 7.29. The van der Waals surface area contributed by atoms with E-state index in [1.165, 1.54) is 12.2 Å². The Labute approximate surface area is 131 Å². The van der Waals surface area contributed by atoms with E-state index in [1.807, 2.05) is 0 Å². The molecule has 0 radical (unpaired) electrons. The number of anilines is 1. The fraction of sp³-hybridized carbons (Fsp3) is 0.250. The molecule has 0 aliphatic carbocycles. The lowest BCUT2D eigenvalue weighted by Gasteiger charge is -2.17.